The number of anilines is 2. The second kappa shape index (κ2) is 6.12. The van der Waals surface area contributed by atoms with Gasteiger partial charge in [0.25, 0.3) is 0 Å². The fourth-order valence-electron chi connectivity index (χ4n) is 2.66. The number of benzene rings is 2. The summed E-state index contributed by atoms with van der Waals surface area (Å²) < 4.78 is 5.22. The van der Waals surface area contributed by atoms with E-state index in [1.54, 1.807) is 38.3 Å². The van der Waals surface area contributed by atoms with Gasteiger partial charge in [-0.3, -0.25) is 9.59 Å². The maximum absolute atomic E-state index is 12.5. The fraction of sp³-hybridized carbons (Fsp3) is 0.222. The van der Waals surface area contributed by atoms with Gasteiger partial charge >= 0.3 is 0 Å². The third kappa shape index (κ3) is 2.90. The highest BCUT2D eigenvalue weighted by Gasteiger charge is 2.31. The SMILES string of the molecule is COc1ccc2c(c1)NC(C)C(=O)N2CC(=O)c1ccccc1. The van der Waals surface area contributed by atoms with Gasteiger partial charge in [-0.25, -0.2) is 0 Å². The second-order valence-corrected chi connectivity index (χ2v) is 5.46. The summed E-state index contributed by atoms with van der Waals surface area (Å²) >= 11 is 0. The monoisotopic (exact) mass is 310 g/mol. The molecule has 1 heterocycles. The second-order valence-electron chi connectivity index (χ2n) is 5.46. The minimum Gasteiger partial charge on any atom is -0.497 e. The standard InChI is InChI=1S/C18H18N2O3/c1-12-18(22)20(11-17(21)13-6-4-3-5-7-13)16-9-8-14(23-2)10-15(16)19-12/h3-10,12,19H,11H2,1-2H3. The van der Waals surface area contributed by atoms with E-state index in [-0.39, 0.29) is 18.2 Å². The number of hydrogen-bond acceptors (Lipinski definition) is 4. The van der Waals surface area contributed by atoms with Crippen molar-refractivity contribution < 1.29 is 14.3 Å². The average molecular weight is 310 g/mol. The Morgan fingerprint density at radius 3 is 2.65 bits per heavy atom. The Labute approximate surface area is 134 Å². The number of carbonyl (C=O) groups excluding carboxylic acids is 2. The number of carbonyl (C=O) groups is 2. The Morgan fingerprint density at radius 1 is 1.22 bits per heavy atom. The zero-order valence-electron chi connectivity index (χ0n) is 13.1. The van der Waals surface area contributed by atoms with Gasteiger partial charge in [0.2, 0.25) is 5.91 Å². The lowest BCUT2D eigenvalue weighted by molar-refractivity contribution is -0.119. The first kappa shape index (κ1) is 15.1. The summed E-state index contributed by atoms with van der Waals surface area (Å²) in [7, 11) is 1.59. The smallest absolute Gasteiger partial charge is 0.249 e. The number of rotatable bonds is 4. The highest BCUT2D eigenvalue weighted by molar-refractivity contribution is 6.10. The molecule has 118 valence electrons. The zero-order valence-corrected chi connectivity index (χ0v) is 13.1. The third-order valence-corrected chi connectivity index (χ3v) is 3.90. The molecule has 1 N–H and O–H groups in total. The summed E-state index contributed by atoms with van der Waals surface area (Å²) in [5, 5.41) is 3.14. The van der Waals surface area contributed by atoms with Crippen LogP contribution in [0.25, 0.3) is 0 Å². The van der Waals surface area contributed by atoms with Crippen LogP contribution in [0.5, 0.6) is 5.75 Å². The Morgan fingerprint density at radius 2 is 1.96 bits per heavy atom. The molecule has 1 aliphatic heterocycles. The van der Waals surface area contributed by atoms with Crippen LogP contribution in [-0.4, -0.2) is 31.4 Å². The van der Waals surface area contributed by atoms with E-state index in [2.05, 4.69) is 5.32 Å². The molecule has 0 saturated heterocycles. The van der Waals surface area contributed by atoms with Crippen LogP contribution in [0.3, 0.4) is 0 Å². The van der Waals surface area contributed by atoms with Gasteiger partial charge in [0.1, 0.15) is 11.8 Å². The third-order valence-electron chi connectivity index (χ3n) is 3.90. The Hall–Kier alpha value is -2.82. The van der Waals surface area contributed by atoms with Gasteiger partial charge < -0.3 is 15.0 Å². The van der Waals surface area contributed by atoms with Gasteiger partial charge in [0.15, 0.2) is 5.78 Å². The predicted molar refractivity (Wildman–Crippen MR) is 89.2 cm³/mol. The van der Waals surface area contributed by atoms with Crippen molar-refractivity contribution in [3.8, 4) is 5.75 Å². The van der Waals surface area contributed by atoms with Crippen molar-refractivity contribution in [1.82, 2.24) is 0 Å². The maximum Gasteiger partial charge on any atom is 0.249 e. The Balaban J connectivity index is 1.92. The molecule has 5 nitrogen and oxygen atoms in total. The van der Waals surface area contributed by atoms with Crippen molar-refractivity contribution >= 4 is 23.1 Å². The minimum absolute atomic E-state index is 0.0220. The fourth-order valence-corrected chi connectivity index (χ4v) is 2.66. The van der Waals surface area contributed by atoms with E-state index < -0.39 is 6.04 Å². The molecule has 23 heavy (non-hydrogen) atoms. The summed E-state index contributed by atoms with van der Waals surface area (Å²) in [4.78, 5) is 26.5. The summed E-state index contributed by atoms with van der Waals surface area (Å²) in [5.41, 5.74) is 2.08. The number of Topliss-reactive ketones (excluding diaryl/α,β-unsaturated/α-hetero) is 1. The molecule has 2 aromatic rings. The molecule has 1 atom stereocenters. The van der Waals surface area contributed by atoms with Gasteiger partial charge in [-0.05, 0) is 19.1 Å². The summed E-state index contributed by atoms with van der Waals surface area (Å²) in [6.07, 6.45) is 0. The van der Waals surface area contributed by atoms with E-state index in [1.807, 2.05) is 24.3 Å². The molecule has 0 radical (unpaired) electrons. The number of amides is 1. The number of hydrogen-bond donors (Lipinski definition) is 1. The van der Waals surface area contributed by atoms with Gasteiger partial charge in [0.05, 0.1) is 25.0 Å². The highest BCUT2D eigenvalue weighted by Crippen LogP contribution is 2.34. The summed E-state index contributed by atoms with van der Waals surface area (Å²) in [5.74, 6) is 0.494. The number of methoxy groups -OCH3 is 1. The molecule has 3 rings (SSSR count). The first-order valence-corrected chi connectivity index (χ1v) is 7.44. The van der Waals surface area contributed by atoms with Crippen LogP contribution in [0.15, 0.2) is 48.5 Å². The molecule has 0 spiro atoms. The Kier molecular flexibility index (Phi) is 4.02. The van der Waals surface area contributed by atoms with Gasteiger partial charge in [-0.1, -0.05) is 30.3 Å². The van der Waals surface area contributed by atoms with Gasteiger partial charge in [0, 0.05) is 11.6 Å². The quantitative estimate of drug-likeness (QED) is 0.882. The van der Waals surface area contributed by atoms with E-state index >= 15 is 0 Å². The molecule has 5 heteroatoms. The van der Waals surface area contributed by atoms with Crippen LogP contribution in [0, 0.1) is 0 Å². The van der Waals surface area contributed by atoms with Crippen molar-refractivity contribution in [3.63, 3.8) is 0 Å². The topological polar surface area (TPSA) is 58.6 Å². The molecule has 2 aromatic carbocycles. The lowest BCUT2D eigenvalue weighted by Crippen LogP contribution is -2.47. The number of ketones is 1. The van der Waals surface area contributed by atoms with Crippen molar-refractivity contribution in [2.75, 3.05) is 23.9 Å². The lowest BCUT2D eigenvalue weighted by Gasteiger charge is -2.33. The molecule has 0 saturated carbocycles. The van der Waals surface area contributed by atoms with E-state index in [0.717, 1.165) is 5.69 Å². The van der Waals surface area contributed by atoms with Crippen LogP contribution in [0.1, 0.15) is 17.3 Å². The molecule has 0 aromatic heterocycles. The Bertz CT molecular complexity index is 743. The number of nitrogens with one attached hydrogen (secondary N) is 1. The number of ether oxygens (including phenoxy) is 1. The first-order valence-electron chi connectivity index (χ1n) is 7.44. The number of nitrogens with zero attached hydrogens (tertiary/aromatic N) is 1. The van der Waals surface area contributed by atoms with E-state index in [4.69, 9.17) is 4.74 Å². The normalized spacial score (nSPS) is 16.5. The van der Waals surface area contributed by atoms with Crippen molar-refractivity contribution in [1.29, 1.82) is 0 Å². The van der Waals surface area contributed by atoms with Crippen LogP contribution in [-0.2, 0) is 4.79 Å². The van der Waals surface area contributed by atoms with Gasteiger partial charge in [-0.2, -0.15) is 0 Å². The molecule has 0 aliphatic carbocycles. The minimum atomic E-state index is -0.391. The molecule has 0 bridgehead atoms. The molecular formula is C18H18N2O3. The molecule has 1 unspecified atom stereocenters. The highest BCUT2D eigenvalue weighted by atomic mass is 16.5. The van der Waals surface area contributed by atoms with E-state index in [1.165, 1.54) is 4.90 Å². The van der Waals surface area contributed by atoms with Gasteiger partial charge in [-0.15, -0.1) is 0 Å². The zero-order chi connectivity index (χ0) is 16.4. The molecule has 1 aliphatic rings. The van der Waals surface area contributed by atoms with E-state index in [0.29, 0.717) is 17.0 Å². The lowest BCUT2D eigenvalue weighted by atomic mass is 10.1. The van der Waals surface area contributed by atoms with Crippen molar-refractivity contribution in [3.05, 3.63) is 54.1 Å². The van der Waals surface area contributed by atoms with E-state index in [9.17, 15) is 9.59 Å². The average Bonchev–Trinajstić information content (AvgIpc) is 2.59. The number of fused-ring (bicyclic) bond motifs is 1. The molecule has 1 amide bonds. The summed E-state index contributed by atoms with van der Waals surface area (Å²) in [6.45, 7) is 1.80. The van der Waals surface area contributed by atoms with Crippen LogP contribution in [0.2, 0.25) is 0 Å². The van der Waals surface area contributed by atoms with Crippen LogP contribution < -0.4 is 15.0 Å². The van der Waals surface area contributed by atoms with Crippen LogP contribution in [0.4, 0.5) is 11.4 Å². The van der Waals surface area contributed by atoms with Crippen molar-refractivity contribution in [2.24, 2.45) is 0 Å². The van der Waals surface area contributed by atoms with Crippen molar-refractivity contribution in [2.45, 2.75) is 13.0 Å². The molecular weight excluding hydrogens is 292 g/mol. The van der Waals surface area contributed by atoms with Crippen LogP contribution >= 0.6 is 0 Å². The molecule has 0 fully saturated rings. The maximum atomic E-state index is 12.5. The summed E-state index contributed by atoms with van der Waals surface area (Å²) in [6, 6.07) is 14.0. The predicted octanol–water partition coefficient (Wildman–Crippen LogP) is 2.73. The first-order chi connectivity index (χ1) is 11.1. The largest absolute Gasteiger partial charge is 0.497 e.